The number of aromatic nitrogens is 3. The fraction of sp³-hybridized carbons (Fsp3) is 0.136. The van der Waals surface area contributed by atoms with Crippen molar-refractivity contribution in [3.05, 3.63) is 75.4 Å². The van der Waals surface area contributed by atoms with E-state index < -0.39 is 11.9 Å². The van der Waals surface area contributed by atoms with E-state index in [1.165, 1.54) is 40.4 Å². The van der Waals surface area contributed by atoms with Gasteiger partial charge in [-0.3, -0.25) is 14.2 Å². The number of hydrogen-bond acceptors (Lipinski definition) is 8. The molecule has 3 aromatic heterocycles. The third kappa shape index (κ3) is 4.73. The zero-order valence-electron chi connectivity index (χ0n) is 17.3. The highest BCUT2D eigenvalue weighted by molar-refractivity contribution is 7.17. The maximum absolute atomic E-state index is 13.3. The summed E-state index contributed by atoms with van der Waals surface area (Å²) in [5.74, 6) is -1.43. The predicted octanol–water partition coefficient (Wildman–Crippen LogP) is 4.01. The van der Waals surface area contributed by atoms with Crippen molar-refractivity contribution in [1.82, 2.24) is 14.5 Å². The number of esters is 1. The van der Waals surface area contributed by atoms with E-state index in [0.717, 1.165) is 11.3 Å². The second-order valence-electron chi connectivity index (χ2n) is 6.88. The molecular formula is C22H17FN4O4S2. The lowest BCUT2D eigenvalue weighted by Gasteiger charge is -2.06. The van der Waals surface area contributed by atoms with Crippen molar-refractivity contribution in [2.75, 3.05) is 11.9 Å². The van der Waals surface area contributed by atoms with Crippen molar-refractivity contribution >= 4 is 49.9 Å². The smallest absolute Gasteiger partial charge is 0.350 e. The molecule has 4 aromatic rings. The quantitative estimate of drug-likeness (QED) is 0.314. The Balaban J connectivity index is 1.55. The molecule has 1 aromatic carbocycles. The minimum Gasteiger partial charge on any atom is -0.457 e. The lowest BCUT2D eigenvalue weighted by molar-refractivity contribution is -0.116. The van der Waals surface area contributed by atoms with Gasteiger partial charge in [0, 0.05) is 10.9 Å². The summed E-state index contributed by atoms with van der Waals surface area (Å²) in [6, 6.07) is 5.81. The number of nitrogens with one attached hydrogen (secondary N) is 1. The Hall–Kier alpha value is -3.70. The Bertz CT molecular complexity index is 1420. The Morgan fingerprint density at radius 3 is 2.79 bits per heavy atom. The van der Waals surface area contributed by atoms with Crippen LogP contribution in [-0.4, -0.2) is 33.0 Å². The molecule has 0 saturated heterocycles. The van der Waals surface area contributed by atoms with Crippen LogP contribution in [0.3, 0.4) is 0 Å². The Kier molecular flexibility index (Phi) is 6.43. The van der Waals surface area contributed by atoms with Gasteiger partial charge >= 0.3 is 5.97 Å². The van der Waals surface area contributed by atoms with E-state index in [1.807, 2.05) is 0 Å². The zero-order chi connectivity index (χ0) is 23.5. The molecule has 1 amide bonds. The van der Waals surface area contributed by atoms with Crippen molar-refractivity contribution < 1.29 is 18.7 Å². The standard InChI is InChI=1S/C22H17FN4O4S2/c1-3-8-31-21(30)18-12(2)25-22(33-18)26-16(28)9-27-11-24-19-17(20(27)29)15(10-32-19)13-4-6-14(23)7-5-13/h3-7,10-11H,1,8-9H2,2H3,(H,25,26,28). The molecule has 4 rings (SSSR count). The molecule has 11 heteroatoms. The number of aryl methyl sites for hydroxylation is 1. The number of halogens is 1. The number of ether oxygens (including phenoxy) is 1. The van der Waals surface area contributed by atoms with E-state index in [1.54, 1.807) is 24.4 Å². The lowest BCUT2D eigenvalue weighted by Crippen LogP contribution is -2.27. The number of fused-ring (bicyclic) bond motifs is 1. The number of rotatable bonds is 7. The van der Waals surface area contributed by atoms with Gasteiger partial charge in [0.2, 0.25) is 5.91 Å². The third-order valence-electron chi connectivity index (χ3n) is 4.59. The summed E-state index contributed by atoms with van der Waals surface area (Å²) >= 11 is 2.27. The van der Waals surface area contributed by atoms with Crippen LogP contribution in [0.1, 0.15) is 15.4 Å². The van der Waals surface area contributed by atoms with Crippen LogP contribution in [0.15, 0.2) is 53.4 Å². The van der Waals surface area contributed by atoms with Gasteiger partial charge in [-0.1, -0.05) is 36.1 Å². The molecule has 0 bridgehead atoms. The Morgan fingerprint density at radius 1 is 1.30 bits per heavy atom. The Labute approximate surface area is 195 Å². The summed E-state index contributed by atoms with van der Waals surface area (Å²) in [7, 11) is 0. The van der Waals surface area contributed by atoms with Crippen LogP contribution in [0.25, 0.3) is 21.3 Å². The lowest BCUT2D eigenvalue weighted by atomic mass is 10.1. The molecule has 0 aliphatic rings. The number of thiazole rings is 1. The second-order valence-corrected chi connectivity index (χ2v) is 8.74. The molecule has 3 heterocycles. The van der Waals surface area contributed by atoms with E-state index in [2.05, 4.69) is 21.9 Å². The average molecular weight is 485 g/mol. The molecule has 1 N–H and O–H groups in total. The average Bonchev–Trinajstić information content (AvgIpc) is 3.38. The van der Waals surface area contributed by atoms with E-state index in [4.69, 9.17) is 4.74 Å². The number of anilines is 1. The van der Waals surface area contributed by atoms with E-state index in [0.29, 0.717) is 27.0 Å². The number of carbonyl (C=O) groups excluding carboxylic acids is 2. The number of nitrogens with zero attached hydrogens (tertiary/aromatic N) is 3. The van der Waals surface area contributed by atoms with Gasteiger partial charge in [-0.25, -0.2) is 19.2 Å². The monoisotopic (exact) mass is 484 g/mol. The minimum atomic E-state index is -0.554. The number of hydrogen-bond donors (Lipinski definition) is 1. The maximum Gasteiger partial charge on any atom is 0.350 e. The van der Waals surface area contributed by atoms with Crippen LogP contribution in [-0.2, 0) is 16.1 Å². The minimum absolute atomic E-state index is 0.0682. The van der Waals surface area contributed by atoms with E-state index in [9.17, 15) is 18.8 Å². The highest BCUT2D eigenvalue weighted by Gasteiger charge is 2.19. The molecule has 0 unspecified atom stereocenters. The molecule has 0 aliphatic carbocycles. The fourth-order valence-electron chi connectivity index (χ4n) is 3.08. The molecular weight excluding hydrogens is 467 g/mol. The van der Waals surface area contributed by atoms with Gasteiger partial charge in [0.15, 0.2) is 5.13 Å². The molecule has 0 fully saturated rings. The van der Waals surface area contributed by atoms with Crippen molar-refractivity contribution in [1.29, 1.82) is 0 Å². The zero-order valence-corrected chi connectivity index (χ0v) is 19.0. The largest absolute Gasteiger partial charge is 0.457 e. The summed E-state index contributed by atoms with van der Waals surface area (Å²) in [4.78, 5) is 46.9. The molecule has 0 saturated carbocycles. The first kappa shape index (κ1) is 22.5. The molecule has 8 nitrogen and oxygen atoms in total. The first-order chi connectivity index (χ1) is 15.9. The molecule has 33 heavy (non-hydrogen) atoms. The summed E-state index contributed by atoms with van der Waals surface area (Å²) in [6.07, 6.45) is 2.76. The van der Waals surface area contributed by atoms with Gasteiger partial charge in [-0.05, 0) is 24.6 Å². The van der Waals surface area contributed by atoms with Crippen molar-refractivity contribution in [2.24, 2.45) is 0 Å². The maximum atomic E-state index is 13.3. The highest BCUT2D eigenvalue weighted by atomic mass is 32.1. The Morgan fingerprint density at radius 2 is 2.06 bits per heavy atom. The summed E-state index contributed by atoms with van der Waals surface area (Å²) in [5.41, 5.74) is 1.34. The van der Waals surface area contributed by atoms with Gasteiger partial charge in [0.05, 0.1) is 17.4 Å². The van der Waals surface area contributed by atoms with Gasteiger partial charge < -0.3 is 10.1 Å². The number of carbonyl (C=O) groups is 2. The number of thiophene rings is 1. The van der Waals surface area contributed by atoms with Crippen molar-refractivity contribution in [2.45, 2.75) is 13.5 Å². The second kappa shape index (κ2) is 9.43. The van der Waals surface area contributed by atoms with Crippen LogP contribution < -0.4 is 10.9 Å². The topological polar surface area (TPSA) is 103 Å². The van der Waals surface area contributed by atoms with Crippen LogP contribution in [0.4, 0.5) is 9.52 Å². The van der Waals surface area contributed by atoms with Crippen molar-refractivity contribution in [3.63, 3.8) is 0 Å². The van der Waals surface area contributed by atoms with Crippen molar-refractivity contribution in [3.8, 4) is 11.1 Å². The number of benzene rings is 1. The van der Waals surface area contributed by atoms with Gasteiger partial charge in [-0.15, -0.1) is 11.3 Å². The molecule has 0 radical (unpaired) electrons. The van der Waals surface area contributed by atoms with Crippen LogP contribution in [0.2, 0.25) is 0 Å². The fourth-order valence-corrected chi connectivity index (χ4v) is 4.86. The SMILES string of the molecule is C=CCOC(=O)c1sc(NC(=O)Cn2cnc3scc(-c4ccc(F)cc4)c3c2=O)nc1C. The first-order valence-electron chi connectivity index (χ1n) is 9.65. The van der Waals surface area contributed by atoms with Gasteiger partial charge in [-0.2, -0.15) is 0 Å². The van der Waals surface area contributed by atoms with Crippen LogP contribution in [0.5, 0.6) is 0 Å². The molecule has 0 aliphatic heterocycles. The van der Waals surface area contributed by atoms with Crippen LogP contribution >= 0.6 is 22.7 Å². The number of amides is 1. The molecule has 168 valence electrons. The predicted molar refractivity (Wildman–Crippen MR) is 125 cm³/mol. The van der Waals surface area contributed by atoms with Gasteiger partial charge in [0.25, 0.3) is 5.56 Å². The van der Waals surface area contributed by atoms with E-state index in [-0.39, 0.29) is 34.5 Å². The molecule has 0 atom stereocenters. The highest BCUT2D eigenvalue weighted by Crippen LogP contribution is 2.30. The van der Waals surface area contributed by atoms with Crippen LogP contribution in [0, 0.1) is 12.7 Å². The third-order valence-corrected chi connectivity index (χ3v) is 6.53. The summed E-state index contributed by atoms with van der Waals surface area (Å²) in [6.45, 7) is 4.89. The van der Waals surface area contributed by atoms with Gasteiger partial charge in [0.1, 0.15) is 28.7 Å². The molecule has 0 spiro atoms. The van der Waals surface area contributed by atoms with E-state index >= 15 is 0 Å². The first-order valence-corrected chi connectivity index (χ1v) is 11.3. The summed E-state index contributed by atoms with van der Waals surface area (Å²) in [5, 5.41) is 4.95. The normalized spacial score (nSPS) is 10.8. The summed E-state index contributed by atoms with van der Waals surface area (Å²) < 4.78 is 19.5.